The Balaban J connectivity index is 1.63. The SMILES string of the molecule is O=C(O)COc1cccc2c1CCCC2NS(=O)(=O)c1cc(OC2CCCC2)cc(C(F)(F)F)c1. The van der Waals surface area contributed by atoms with E-state index in [-0.39, 0.29) is 11.9 Å². The Morgan fingerprint density at radius 3 is 2.51 bits per heavy atom. The van der Waals surface area contributed by atoms with Gasteiger partial charge in [0.15, 0.2) is 6.61 Å². The first-order valence-electron chi connectivity index (χ1n) is 11.4. The fourth-order valence-electron chi connectivity index (χ4n) is 4.62. The number of hydrogen-bond acceptors (Lipinski definition) is 5. The van der Waals surface area contributed by atoms with Crippen LogP contribution in [0.3, 0.4) is 0 Å². The van der Waals surface area contributed by atoms with Crippen molar-refractivity contribution in [1.82, 2.24) is 4.72 Å². The molecule has 2 N–H and O–H groups in total. The molecule has 2 aromatic rings. The first-order chi connectivity index (χ1) is 16.5. The molecule has 0 aromatic heterocycles. The fourth-order valence-corrected chi connectivity index (χ4v) is 5.93. The van der Waals surface area contributed by atoms with Crippen LogP contribution in [-0.4, -0.2) is 32.2 Å². The summed E-state index contributed by atoms with van der Waals surface area (Å²) < 4.78 is 80.7. The molecule has 4 rings (SSSR count). The molecule has 0 radical (unpaired) electrons. The molecule has 7 nitrogen and oxygen atoms in total. The number of aliphatic carboxylic acids is 1. The van der Waals surface area contributed by atoms with E-state index in [1.165, 1.54) is 0 Å². The van der Waals surface area contributed by atoms with Gasteiger partial charge in [-0.05, 0) is 74.3 Å². The summed E-state index contributed by atoms with van der Waals surface area (Å²) in [6.07, 6.45) is -0.157. The van der Waals surface area contributed by atoms with Gasteiger partial charge in [-0.25, -0.2) is 17.9 Å². The lowest BCUT2D eigenvalue weighted by Gasteiger charge is -2.28. The van der Waals surface area contributed by atoms with Crippen LogP contribution >= 0.6 is 0 Å². The molecule has 0 aliphatic heterocycles. The van der Waals surface area contributed by atoms with Crippen LogP contribution in [0.2, 0.25) is 0 Å². The topological polar surface area (TPSA) is 102 Å². The third-order valence-electron chi connectivity index (χ3n) is 6.24. The molecule has 2 aliphatic carbocycles. The van der Waals surface area contributed by atoms with Crippen LogP contribution in [0.5, 0.6) is 11.5 Å². The van der Waals surface area contributed by atoms with Gasteiger partial charge in [-0.15, -0.1) is 0 Å². The summed E-state index contributed by atoms with van der Waals surface area (Å²) in [6, 6.07) is 6.81. The quantitative estimate of drug-likeness (QED) is 0.524. The molecule has 0 amide bonds. The average Bonchev–Trinajstić information content (AvgIpc) is 3.30. The average molecular weight is 514 g/mol. The van der Waals surface area contributed by atoms with Crippen LogP contribution in [0.25, 0.3) is 0 Å². The van der Waals surface area contributed by atoms with E-state index in [0.717, 1.165) is 25.0 Å². The molecule has 1 atom stereocenters. The largest absolute Gasteiger partial charge is 0.490 e. The maximum atomic E-state index is 13.6. The van der Waals surface area contributed by atoms with E-state index in [2.05, 4.69) is 4.72 Å². The Hall–Kier alpha value is -2.79. The number of carbonyl (C=O) groups is 1. The van der Waals surface area contributed by atoms with Gasteiger partial charge < -0.3 is 14.6 Å². The molecule has 11 heteroatoms. The second-order valence-electron chi connectivity index (χ2n) is 8.79. The lowest BCUT2D eigenvalue weighted by molar-refractivity contribution is -0.139. The van der Waals surface area contributed by atoms with Crippen molar-refractivity contribution >= 4 is 16.0 Å². The minimum atomic E-state index is -4.74. The monoisotopic (exact) mass is 513 g/mol. The zero-order valence-corrected chi connectivity index (χ0v) is 19.6. The van der Waals surface area contributed by atoms with Gasteiger partial charge in [0, 0.05) is 12.1 Å². The van der Waals surface area contributed by atoms with E-state index in [1.54, 1.807) is 18.2 Å². The van der Waals surface area contributed by atoms with E-state index >= 15 is 0 Å². The second kappa shape index (κ2) is 10.1. The molecule has 0 bridgehead atoms. The number of rotatable bonds is 8. The maximum absolute atomic E-state index is 13.6. The van der Waals surface area contributed by atoms with Crippen LogP contribution < -0.4 is 14.2 Å². The minimum Gasteiger partial charge on any atom is -0.490 e. The predicted molar refractivity (Wildman–Crippen MR) is 120 cm³/mol. The predicted octanol–water partition coefficient (Wildman–Crippen LogP) is 4.85. The van der Waals surface area contributed by atoms with E-state index in [9.17, 15) is 26.4 Å². The number of sulfonamides is 1. The van der Waals surface area contributed by atoms with Crippen molar-refractivity contribution in [2.45, 2.75) is 68.2 Å². The summed E-state index contributed by atoms with van der Waals surface area (Å²) in [7, 11) is -4.35. The highest BCUT2D eigenvalue weighted by Gasteiger charge is 2.34. The normalized spacial score (nSPS) is 18.8. The van der Waals surface area contributed by atoms with Crippen LogP contribution in [-0.2, 0) is 27.4 Å². The van der Waals surface area contributed by atoms with E-state index in [1.807, 2.05) is 0 Å². The molecule has 2 aromatic carbocycles. The number of nitrogens with one attached hydrogen (secondary N) is 1. The van der Waals surface area contributed by atoms with Crippen LogP contribution in [0.1, 0.15) is 61.3 Å². The number of fused-ring (bicyclic) bond motifs is 1. The van der Waals surface area contributed by atoms with Gasteiger partial charge in [0.1, 0.15) is 11.5 Å². The zero-order chi connectivity index (χ0) is 25.2. The maximum Gasteiger partial charge on any atom is 0.416 e. The zero-order valence-electron chi connectivity index (χ0n) is 18.8. The second-order valence-corrected chi connectivity index (χ2v) is 10.5. The number of carboxylic acid groups (broad SMARTS) is 1. The molecule has 0 spiro atoms. The first-order valence-corrected chi connectivity index (χ1v) is 12.9. The summed E-state index contributed by atoms with van der Waals surface area (Å²) >= 11 is 0. The molecular formula is C24H26F3NO6S. The lowest BCUT2D eigenvalue weighted by atomic mass is 9.87. The summed E-state index contributed by atoms with van der Waals surface area (Å²) in [6.45, 7) is -0.541. The van der Waals surface area contributed by atoms with Gasteiger partial charge in [-0.3, -0.25) is 0 Å². The minimum absolute atomic E-state index is 0.125. The molecule has 190 valence electrons. The Kier molecular flexibility index (Phi) is 7.27. The highest BCUT2D eigenvalue weighted by atomic mass is 32.2. The van der Waals surface area contributed by atoms with Crippen molar-refractivity contribution in [2.75, 3.05) is 6.61 Å². The molecule has 35 heavy (non-hydrogen) atoms. The molecule has 1 fully saturated rings. The molecule has 0 saturated heterocycles. The molecule has 1 saturated carbocycles. The number of carboxylic acids is 1. The van der Waals surface area contributed by atoms with Crippen molar-refractivity contribution in [3.8, 4) is 11.5 Å². The lowest BCUT2D eigenvalue weighted by Crippen LogP contribution is -2.31. The number of halogens is 3. The van der Waals surface area contributed by atoms with Gasteiger partial charge in [0.25, 0.3) is 0 Å². The van der Waals surface area contributed by atoms with Crippen molar-refractivity contribution in [3.63, 3.8) is 0 Å². The Morgan fingerprint density at radius 1 is 1.09 bits per heavy atom. The highest BCUT2D eigenvalue weighted by molar-refractivity contribution is 7.89. The third kappa shape index (κ3) is 6.07. The van der Waals surface area contributed by atoms with Gasteiger partial charge in [0.05, 0.1) is 16.6 Å². The summed E-state index contributed by atoms with van der Waals surface area (Å²) in [5.74, 6) is -0.920. The summed E-state index contributed by atoms with van der Waals surface area (Å²) in [5, 5.41) is 8.89. The fraction of sp³-hybridized carbons (Fsp3) is 0.458. The summed E-state index contributed by atoms with van der Waals surface area (Å²) in [5.41, 5.74) is 0.195. The van der Waals surface area contributed by atoms with Crippen molar-refractivity contribution < 1.29 is 41.0 Å². The number of hydrogen-bond donors (Lipinski definition) is 2. The van der Waals surface area contributed by atoms with Gasteiger partial charge >= 0.3 is 12.1 Å². The molecular weight excluding hydrogens is 487 g/mol. The Labute approximate surface area is 201 Å². The molecule has 2 aliphatic rings. The van der Waals surface area contributed by atoms with Gasteiger partial charge in [0.2, 0.25) is 10.0 Å². The first kappa shape index (κ1) is 25.3. The van der Waals surface area contributed by atoms with Crippen molar-refractivity contribution in [2.24, 2.45) is 0 Å². The van der Waals surface area contributed by atoms with E-state index < -0.39 is 45.3 Å². The van der Waals surface area contributed by atoms with Gasteiger partial charge in [-0.2, -0.15) is 13.2 Å². The third-order valence-corrected chi connectivity index (χ3v) is 7.69. The number of ether oxygens (including phenoxy) is 2. The highest BCUT2D eigenvalue weighted by Crippen LogP contribution is 2.38. The Bertz CT molecular complexity index is 1190. The summed E-state index contributed by atoms with van der Waals surface area (Å²) in [4.78, 5) is 10.4. The van der Waals surface area contributed by atoms with Crippen LogP contribution in [0, 0.1) is 0 Å². The smallest absolute Gasteiger partial charge is 0.416 e. The van der Waals surface area contributed by atoms with Gasteiger partial charge in [-0.1, -0.05) is 12.1 Å². The van der Waals surface area contributed by atoms with E-state index in [4.69, 9.17) is 14.6 Å². The van der Waals surface area contributed by atoms with Crippen molar-refractivity contribution in [1.29, 1.82) is 0 Å². The van der Waals surface area contributed by atoms with E-state index in [0.29, 0.717) is 55.0 Å². The molecule has 0 heterocycles. The standard InChI is InChI=1S/C24H26F3NO6S/c25-24(26,27)15-11-17(34-16-5-1-2-6-16)13-18(12-15)35(31,32)28-21-9-3-8-20-19(21)7-4-10-22(20)33-14-23(29)30/h4,7,10-13,16,21,28H,1-3,5-6,8-9,14H2,(H,29,30). The van der Waals surface area contributed by atoms with Crippen molar-refractivity contribution in [3.05, 3.63) is 53.1 Å². The number of benzene rings is 2. The van der Waals surface area contributed by atoms with Crippen LogP contribution in [0.4, 0.5) is 13.2 Å². The molecule has 1 unspecified atom stereocenters. The Morgan fingerprint density at radius 2 is 1.83 bits per heavy atom. The van der Waals surface area contributed by atoms with Crippen LogP contribution in [0.15, 0.2) is 41.3 Å². The number of alkyl halides is 3.